The molecule has 6 nitrogen and oxygen atoms in total. The first kappa shape index (κ1) is 17.1. The SMILES string of the molecule is CCCCC=Nc1c(C)ncnc1NC(=O)OC(C)(C)C. The molecule has 0 aliphatic carbocycles. The highest BCUT2D eigenvalue weighted by Crippen LogP contribution is 2.25. The van der Waals surface area contributed by atoms with Crippen LogP contribution in [0.5, 0.6) is 0 Å². The second-order valence-electron chi connectivity index (χ2n) is 5.74. The molecular formula is C15H24N4O2. The predicted octanol–water partition coefficient (Wildman–Crippen LogP) is 4.02. The third-order valence-corrected chi connectivity index (χ3v) is 2.53. The smallest absolute Gasteiger partial charge is 0.413 e. The fourth-order valence-corrected chi connectivity index (χ4v) is 1.56. The summed E-state index contributed by atoms with van der Waals surface area (Å²) < 4.78 is 5.22. The third kappa shape index (κ3) is 6.33. The molecule has 1 aromatic heterocycles. The summed E-state index contributed by atoms with van der Waals surface area (Å²) in [5.74, 6) is 0.365. The molecule has 1 N–H and O–H groups in total. The largest absolute Gasteiger partial charge is 0.444 e. The Morgan fingerprint density at radius 3 is 2.76 bits per heavy atom. The summed E-state index contributed by atoms with van der Waals surface area (Å²) in [5.41, 5.74) is 0.722. The van der Waals surface area contributed by atoms with Crippen LogP contribution in [0.1, 0.15) is 52.7 Å². The van der Waals surface area contributed by atoms with Crippen molar-refractivity contribution in [3.8, 4) is 0 Å². The van der Waals surface area contributed by atoms with E-state index in [2.05, 4.69) is 27.2 Å². The summed E-state index contributed by atoms with van der Waals surface area (Å²) in [4.78, 5) is 24.4. The quantitative estimate of drug-likeness (QED) is 0.656. The number of aliphatic imine (C=N–C) groups is 1. The van der Waals surface area contributed by atoms with Gasteiger partial charge in [0.25, 0.3) is 0 Å². The van der Waals surface area contributed by atoms with Crippen LogP contribution in [0.3, 0.4) is 0 Å². The number of aryl methyl sites for hydroxylation is 1. The van der Waals surface area contributed by atoms with E-state index in [0.717, 1.165) is 19.3 Å². The lowest BCUT2D eigenvalue weighted by Crippen LogP contribution is -2.27. The Kier molecular flexibility index (Phi) is 6.27. The molecule has 0 saturated carbocycles. The summed E-state index contributed by atoms with van der Waals surface area (Å²) in [6, 6.07) is 0. The summed E-state index contributed by atoms with van der Waals surface area (Å²) in [5, 5.41) is 2.62. The third-order valence-electron chi connectivity index (χ3n) is 2.53. The maximum Gasteiger partial charge on any atom is 0.413 e. The fraction of sp³-hybridized carbons (Fsp3) is 0.600. The molecule has 0 bridgehead atoms. The van der Waals surface area contributed by atoms with E-state index >= 15 is 0 Å². The lowest BCUT2D eigenvalue weighted by Gasteiger charge is -2.19. The van der Waals surface area contributed by atoms with Crippen LogP contribution < -0.4 is 5.32 Å². The summed E-state index contributed by atoms with van der Waals surface area (Å²) in [7, 11) is 0. The molecule has 116 valence electrons. The summed E-state index contributed by atoms with van der Waals surface area (Å²) in [6.45, 7) is 9.37. The second-order valence-corrected chi connectivity index (χ2v) is 5.74. The molecule has 0 radical (unpaired) electrons. The Balaban J connectivity index is 2.84. The number of rotatable bonds is 5. The van der Waals surface area contributed by atoms with Gasteiger partial charge in [-0.15, -0.1) is 0 Å². The van der Waals surface area contributed by atoms with Gasteiger partial charge >= 0.3 is 6.09 Å². The van der Waals surface area contributed by atoms with E-state index in [0.29, 0.717) is 17.2 Å². The second kappa shape index (κ2) is 7.71. The summed E-state index contributed by atoms with van der Waals surface area (Å²) >= 11 is 0. The number of nitrogens with one attached hydrogen (secondary N) is 1. The van der Waals surface area contributed by atoms with Crippen LogP contribution in [0.4, 0.5) is 16.3 Å². The monoisotopic (exact) mass is 292 g/mol. The number of amides is 1. The molecule has 0 aromatic carbocycles. The van der Waals surface area contributed by atoms with Gasteiger partial charge in [-0.2, -0.15) is 0 Å². The molecule has 1 heterocycles. The molecule has 6 heteroatoms. The number of ether oxygens (including phenoxy) is 1. The van der Waals surface area contributed by atoms with Gasteiger partial charge < -0.3 is 4.74 Å². The van der Waals surface area contributed by atoms with E-state index < -0.39 is 11.7 Å². The van der Waals surface area contributed by atoms with Gasteiger partial charge in [0.05, 0.1) is 5.69 Å². The minimum atomic E-state index is -0.559. The lowest BCUT2D eigenvalue weighted by atomic mass is 10.2. The van der Waals surface area contributed by atoms with Crippen LogP contribution in [0.25, 0.3) is 0 Å². The first-order chi connectivity index (χ1) is 9.83. The number of hydrogen-bond donors (Lipinski definition) is 1. The molecule has 1 amide bonds. The number of unbranched alkanes of at least 4 members (excludes halogenated alkanes) is 2. The van der Waals surface area contributed by atoms with E-state index in [1.165, 1.54) is 6.33 Å². The lowest BCUT2D eigenvalue weighted by molar-refractivity contribution is 0.0635. The number of nitrogens with zero attached hydrogens (tertiary/aromatic N) is 3. The van der Waals surface area contributed by atoms with Crippen molar-refractivity contribution in [3.63, 3.8) is 0 Å². The van der Waals surface area contributed by atoms with Gasteiger partial charge in [0.2, 0.25) is 0 Å². The first-order valence-corrected chi connectivity index (χ1v) is 7.17. The Labute approximate surface area is 126 Å². The van der Waals surface area contributed by atoms with E-state index in [4.69, 9.17) is 4.74 Å². The van der Waals surface area contributed by atoms with Crippen molar-refractivity contribution in [1.29, 1.82) is 0 Å². The molecule has 0 fully saturated rings. The Hall–Kier alpha value is -1.98. The van der Waals surface area contributed by atoms with Gasteiger partial charge in [0.15, 0.2) is 5.82 Å². The molecule has 21 heavy (non-hydrogen) atoms. The molecule has 1 rings (SSSR count). The molecule has 0 aliphatic heterocycles. The fourth-order valence-electron chi connectivity index (χ4n) is 1.56. The number of carbonyl (C=O) groups is 1. The van der Waals surface area contributed by atoms with Gasteiger partial charge in [-0.05, 0) is 40.5 Å². The van der Waals surface area contributed by atoms with E-state index in [1.807, 2.05) is 33.9 Å². The first-order valence-electron chi connectivity index (χ1n) is 7.17. The van der Waals surface area contributed by atoms with Crippen LogP contribution in [-0.2, 0) is 4.74 Å². The molecule has 0 atom stereocenters. The van der Waals surface area contributed by atoms with Crippen LogP contribution in [0.15, 0.2) is 11.3 Å². The average molecular weight is 292 g/mol. The van der Waals surface area contributed by atoms with Crippen molar-refractivity contribution in [1.82, 2.24) is 9.97 Å². The number of carbonyl (C=O) groups excluding carboxylic acids is 1. The normalized spacial score (nSPS) is 11.7. The highest BCUT2D eigenvalue weighted by Gasteiger charge is 2.18. The Morgan fingerprint density at radius 1 is 1.43 bits per heavy atom. The number of anilines is 1. The van der Waals surface area contributed by atoms with Crippen molar-refractivity contribution in [2.45, 2.75) is 59.5 Å². The topological polar surface area (TPSA) is 76.5 Å². The highest BCUT2D eigenvalue weighted by atomic mass is 16.6. The van der Waals surface area contributed by atoms with Gasteiger partial charge in [-0.3, -0.25) is 10.3 Å². The van der Waals surface area contributed by atoms with Crippen LogP contribution >= 0.6 is 0 Å². The van der Waals surface area contributed by atoms with Gasteiger partial charge in [0.1, 0.15) is 17.6 Å². The van der Waals surface area contributed by atoms with E-state index in [-0.39, 0.29) is 0 Å². The molecule has 1 aromatic rings. The van der Waals surface area contributed by atoms with E-state index in [1.54, 1.807) is 0 Å². The van der Waals surface area contributed by atoms with Crippen molar-refractivity contribution in [2.75, 3.05) is 5.32 Å². The zero-order chi connectivity index (χ0) is 15.9. The van der Waals surface area contributed by atoms with Crippen molar-refractivity contribution >= 4 is 23.8 Å². The van der Waals surface area contributed by atoms with Crippen molar-refractivity contribution < 1.29 is 9.53 Å². The van der Waals surface area contributed by atoms with Gasteiger partial charge in [-0.25, -0.2) is 14.8 Å². The van der Waals surface area contributed by atoms with Crippen molar-refractivity contribution in [2.24, 2.45) is 4.99 Å². The number of aromatic nitrogens is 2. The standard InChI is InChI=1S/C15H24N4O2/c1-6-7-8-9-16-12-11(2)17-10-18-13(12)19-14(20)21-15(3,4)5/h9-10H,6-8H2,1-5H3,(H,17,18,19,20). The van der Waals surface area contributed by atoms with Gasteiger partial charge in [0, 0.05) is 6.21 Å². The Morgan fingerprint density at radius 2 is 2.14 bits per heavy atom. The van der Waals surface area contributed by atoms with Crippen LogP contribution in [-0.4, -0.2) is 27.9 Å². The summed E-state index contributed by atoms with van der Waals surface area (Å²) in [6.07, 6.45) is 5.74. The Bertz CT molecular complexity index is 507. The van der Waals surface area contributed by atoms with Gasteiger partial charge in [-0.1, -0.05) is 13.3 Å². The molecule has 0 saturated heterocycles. The molecular weight excluding hydrogens is 268 g/mol. The maximum absolute atomic E-state index is 11.8. The van der Waals surface area contributed by atoms with Crippen molar-refractivity contribution in [3.05, 3.63) is 12.0 Å². The highest BCUT2D eigenvalue weighted by molar-refractivity contribution is 5.88. The zero-order valence-electron chi connectivity index (χ0n) is 13.4. The minimum absolute atomic E-state index is 0.365. The number of hydrogen-bond acceptors (Lipinski definition) is 5. The molecule has 0 unspecified atom stereocenters. The zero-order valence-corrected chi connectivity index (χ0v) is 13.4. The maximum atomic E-state index is 11.8. The molecule has 0 aliphatic rings. The predicted molar refractivity (Wildman–Crippen MR) is 84.3 cm³/mol. The average Bonchev–Trinajstić information content (AvgIpc) is 2.35. The minimum Gasteiger partial charge on any atom is -0.444 e. The van der Waals surface area contributed by atoms with Crippen LogP contribution in [0.2, 0.25) is 0 Å². The van der Waals surface area contributed by atoms with Crippen LogP contribution in [0, 0.1) is 6.92 Å². The molecule has 0 spiro atoms. The van der Waals surface area contributed by atoms with E-state index in [9.17, 15) is 4.79 Å².